The molecule has 0 aliphatic heterocycles. The van der Waals surface area contributed by atoms with Crippen molar-refractivity contribution in [3.63, 3.8) is 0 Å². The van der Waals surface area contributed by atoms with Crippen LogP contribution in [0.3, 0.4) is 0 Å². The average molecular weight is 274 g/mol. The molecule has 7 heteroatoms. The number of aromatic nitrogens is 4. The Morgan fingerprint density at radius 1 is 1.33 bits per heavy atom. The summed E-state index contributed by atoms with van der Waals surface area (Å²) in [6, 6.07) is 0. The van der Waals surface area contributed by atoms with Crippen LogP contribution < -0.4 is 5.32 Å². The van der Waals surface area contributed by atoms with Gasteiger partial charge in [0.05, 0.1) is 11.9 Å². The minimum Gasteiger partial charge on any atom is -0.308 e. The molecule has 2 heterocycles. The van der Waals surface area contributed by atoms with Crippen molar-refractivity contribution in [3.8, 4) is 0 Å². The van der Waals surface area contributed by atoms with E-state index in [4.69, 9.17) is 0 Å². The molecule has 0 fully saturated rings. The smallest absolute Gasteiger partial charge is 0.215 e. The molecule has 0 saturated heterocycles. The lowest BCUT2D eigenvalue weighted by atomic mass is 10.2. The molecular formula is C11H17ClFN5. The fraction of sp³-hybridized carbons (Fsp3) is 0.455. The van der Waals surface area contributed by atoms with Crippen molar-refractivity contribution in [1.29, 1.82) is 0 Å². The molecule has 0 radical (unpaired) electrons. The zero-order valence-corrected chi connectivity index (χ0v) is 11.5. The number of hydrogen-bond donors (Lipinski definition) is 1. The van der Waals surface area contributed by atoms with E-state index in [1.165, 1.54) is 4.68 Å². The van der Waals surface area contributed by atoms with E-state index in [-0.39, 0.29) is 18.4 Å². The van der Waals surface area contributed by atoms with Gasteiger partial charge in [0, 0.05) is 44.5 Å². The second-order valence-corrected chi connectivity index (χ2v) is 4.10. The molecule has 18 heavy (non-hydrogen) atoms. The lowest BCUT2D eigenvalue weighted by molar-refractivity contribution is 0.489. The van der Waals surface area contributed by atoms with Gasteiger partial charge < -0.3 is 5.32 Å². The molecule has 5 nitrogen and oxygen atoms in total. The predicted octanol–water partition coefficient (Wildman–Crippen LogP) is 1.31. The van der Waals surface area contributed by atoms with E-state index in [0.717, 1.165) is 11.3 Å². The molecule has 2 aromatic rings. The predicted molar refractivity (Wildman–Crippen MR) is 68.9 cm³/mol. The monoisotopic (exact) mass is 273 g/mol. The highest BCUT2D eigenvalue weighted by Gasteiger charge is 2.11. The minimum absolute atomic E-state index is 0. The Morgan fingerprint density at radius 2 is 2.06 bits per heavy atom. The highest BCUT2D eigenvalue weighted by Crippen LogP contribution is 2.10. The summed E-state index contributed by atoms with van der Waals surface area (Å²) in [5.41, 5.74) is 2.43. The SMILES string of the molecule is Cc1nn(C)c(F)c1CNCc1cnn(C)c1.Cl. The number of halogens is 2. The van der Waals surface area contributed by atoms with Gasteiger partial charge in [0.2, 0.25) is 5.95 Å². The summed E-state index contributed by atoms with van der Waals surface area (Å²) in [6.07, 6.45) is 3.72. The molecular weight excluding hydrogens is 257 g/mol. The van der Waals surface area contributed by atoms with Crippen LogP contribution in [-0.4, -0.2) is 19.6 Å². The van der Waals surface area contributed by atoms with Crippen molar-refractivity contribution in [2.45, 2.75) is 20.0 Å². The lowest BCUT2D eigenvalue weighted by Gasteiger charge is -2.02. The zero-order valence-electron chi connectivity index (χ0n) is 10.6. The van der Waals surface area contributed by atoms with Crippen molar-refractivity contribution in [1.82, 2.24) is 24.9 Å². The maximum Gasteiger partial charge on any atom is 0.215 e. The highest BCUT2D eigenvalue weighted by molar-refractivity contribution is 5.85. The van der Waals surface area contributed by atoms with Gasteiger partial charge >= 0.3 is 0 Å². The van der Waals surface area contributed by atoms with Crippen LogP contribution in [0.2, 0.25) is 0 Å². The third-order valence-electron chi connectivity index (χ3n) is 2.66. The first kappa shape index (κ1) is 14.7. The van der Waals surface area contributed by atoms with E-state index < -0.39 is 0 Å². The summed E-state index contributed by atoms with van der Waals surface area (Å²) < 4.78 is 16.6. The molecule has 0 bridgehead atoms. The van der Waals surface area contributed by atoms with Gasteiger partial charge in [0.15, 0.2) is 0 Å². The van der Waals surface area contributed by atoms with E-state index in [9.17, 15) is 4.39 Å². The molecule has 0 amide bonds. The molecule has 0 aromatic carbocycles. The van der Waals surface area contributed by atoms with Gasteiger partial charge in [-0.3, -0.25) is 4.68 Å². The maximum atomic E-state index is 13.6. The van der Waals surface area contributed by atoms with Gasteiger partial charge in [-0.05, 0) is 6.92 Å². The van der Waals surface area contributed by atoms with Crippen molar-refractivity contribution in [3.05, 3.63) is 35.2 Å². The average Bonchev–Trinajstić information content (AvgIpc) is 2.78. The first-order chi connectivity index (χ1) is 8.08. The molecule has 0 aliphatic rings. The second kappa shape index (κ2) is 5.97. The van der Waals surface area contributed by atoms with Gasteiger partial charge in [0.25, 0.3) is 0 Å². The van der Waals surface area contributed by atoms with Gasteiger partial charge in [-0.25, -0.2) is 4.68 Å². The molecule has 0 aliphatic carbocycles. The van der Waals surface area contributed by atoms with Crippen molar-refractivity contribution in [2.24, 2.45) is 14.1 Å². The van der Waals surface area contributed by atoms with Crippen LogP contribution in [0.1, 0.15) is 16.8 Å². The quantitative estimate of drug-likeness (QED) is 0.914. The standard InChI is InChI=1S/C11H16FN5.ClH/c1-8-10(11(12)17(3)15-8)6-13-4-9-5-14-16(2)7-9;/h5,7,13H,4,6H2,1-3H3;1H. The fourth-order valence-corrected chi connectivity index (χ4v) is 1.77. The van der Waals surface area contributed by atoms with Gasteiger partial charge in [-0.2, -0.15) is 14.6 Å². The maximum absolute atomic E-state index is 13.6. The van der Waals surface area contributed by atoms with E-state index in [1.54, 1.807) is 17.9 Å². The first-order valence-electron chi connectivity index (χ1n) is 5.44. The largest absolute Gasteiger partial charge is 0.308 e. The Labute approximate surface area is 111 Å². The minimum atomic E-state index is -0.277. The van der Waals surface area contributed by atoms with Crippen LogP contribution in [0.5, 0.6) is 0 Å². The highest BCUT2D eigenvalue weighted by atomic mass is 35.5. The summed E-state index contributed by atoms with van der Waals surface area (Å²) in [5, 5.41) is 11.3. The van der Waals surface area contributed by atoms with Crippen molar-refractivity contribution < 1.29 is 4.39 Å². The van der Waals surface area contributed by atoms with Crippen molar-refractivity contribution >= 4 is 12.4 Å². The van der Waals surface area contributed by atoms with Gasteiger partial charge in [-0.1, -0.05) is 0 Å². The first-order valence-corrected chi connectivity index (χ1v) is 5.44. The van der Waals surface area contributed by atoms with E-state index >= 15 is 0 Å². The van der Waals surface area contributed by atoms with Crippen LogP contribution in [0, 0.1) is 12.9 Å². The summed E-state index contributed by atoms with van der Waals surface area (Å²) in [5.74, 6) is -0.277. The van der Waals surface area contributed by atoms with Crippen LogP contribution in [-0.2, 0) is 27.2 Å². The summed E-state index contributed by atoms with van der Waals surface area (Å²) in [7, 11) is 3.47. The molecule has 0 saturated carbocycles. The Bertz CT molecular complexity index is 519. The summed E-state index contributed by atoms with van der Waals surface area (Å²) in [4.78, 5) is 0. The number of hydrogen-bond acceptors (Lipinski definition) is 3. The summed E-state index contributed by atoms with van der Waals surface area (Å²) >= 11 is 0. The fourth-order valence-electron chi connectivity index (χ4n) is 1.77. The normalized spacial score (nSPS) is 10.4. The summed E-state index contributed by atoms with van der Waals surface area (Å²) in [6.45, 7) is 2.95. The molecule has 2 rings (SSSR count). The van der Waals surface area contributed by atoms with E-state index in [0.29, 0.717) is 18.7 Å². The molecule has 2 aromatic heterocycles. The van der Waals surface area contributed by atoms with Crippen LogP contribution >= 0.6 is 12.4 Å². The third-order valence-corrected chi connectivity index (χ3v) is 2.66. The Hall–Kier alpha value is -1.40. The Morgan fingerprint density at radius 3 is 2.56 bits per heavy atom. The molecule has 0 atom stereocenters. The van der Waals surface area contributed by atoms with Gasteiger partial charge in [-0.15, -0.1) is 12.4 Å². The van der Waals surface area contributed by atoms with Gasteiger partial charge in [0.1, 0.15) is 0 Å². The number of rotatable bonds is 4. The Balaban J connectivity index is 0.00000162. The third kappa shape index (κ3) is 3.08. The van der Waals surface area contributed by atoms with Crippen LogP contribution in [0.4, 0.5) is 4.39 Å². The number of aryl methyl sites for hydroxylation is 3. The Kier molecular flexibility index (Phi) is 4.86. The number of nitrogens with one attached hydrogen (secondary N) is 1. The molecule has 1 N–H and O–H groups in total. The van der Waals surface area contributed by atoms with Crippen molar-refractivity contribution in [2.75, 3.05) is 0 Å². The zero-order chi connectivity index (χ0) is 12.4. The van der Waals surface area contributed by atoms with Crippen LogP contribution in [0.15, 0.2) is 12.4 Å². The molecule has 100 valence electrons. The molecule has 0 unspecified atom stereocenters. The molecule has 0 spiro atoms. The van der Waals surface area contributed by atoms with E-state index in [1.807, 2.05) is 20.2 Å². The second-order valence-electron chi connectivity index (χ2n) is 4.10. The number of nitrogens with zero attached hydrogens (tertiary/aromatic N) is 4. The lowest BCUT2D eigenvalue weighted by Crippen LogP contribution is -2.13. The van der Waals surface area contributed by atoms with E-state index in [2.05, 4.69) is 15.5 Å². The van der Waals surface area contributed by atoms with Crippen LogP contribution in [0.25, 0.3) is 0 Å². The topological polar surface area (TPSA) is 47.7 Å².